The average molecular weight is 305 g/mol. The van der Waals surface area contributed by atoms with Crippen LogP contribution in [0.4, 0.5) is 4.79 Å². The number of aliphatic imine (C=N–C) groups is 1. The van der Waals surface area contributed by atoms with E-state index in [1.807, 2.05) is 25.3 Å². The van der Waals surface area contributed by atoms with Gasteiger partial charge in [-0.05, 0) is 20.3 Å². The number of amidine groups is 1. The van der Waals surface area contributed by atoms with Gasteiger partial charge in [0, 0.05) is 13.6 Å². The minimum absolute atomic E-state index is 0.0407. The highest BCUT2D eigenvalue weighted by atomic mass is 16.2. The Hall–Kier alpha value is -2.25. The topological polar surface area (TPSA) is 80.4 Å². The fourth-order valence-electron chi connectivity index (χ4n) is 2.93. The number of unbranched alkanes of at least 4 members (excludes halogenated alkanes) is 1. The van der Waals surface area contributed by atoms with Crippen molar-refractivity contribution in [1.82, 2.24) is 15.2 Å². The molecule has 2 unspecified atom stereocenters. The third-order valence-electron chi connectivity index (χ3n) is 4.44. The molecule has 118 valence electrons. The third kappa shape index (κ3) is 1.93. The maximum atomic E-state index is 12.9. The quantitative estimate of drug-likeness (QED) is 0.756. The molecule has 0 aliphatic carbocycles. The molecule has 8 heteroatoms. The second-order valence-electron chi connectivity index (χ2n) is 5.83. The van der Waals surface area contributed by atoms with E-state index in [0.717, 1.165) is 18.6 Å². The normalized spacial score (nSPS) is 27.5. The predicted molar refractivity (Wildman–Crippen MR) is 82.0 cm³/mol. The number of hydrogen-bond acceptors (Lipinski definition) is 5. The molecule has 0 saturated carbocycles. The Bertz CT molecular complexity index is 635. The average Bonchev–Trinajstić information content (AvgIpc) is 2.89. The Labute approximate surface area is 129 Å². The predicted octanol–water partition coefficient (Wildman–Crippen LogP) is 0.197. The number of hydrogen-bond donors (Lipinski definition) is 1. The van der Waals surface area contributed by atoms with Crippen molar-refractivity contribution in [2.24, 2.45) is 10.1 Å². The number of fused-ring (bicyclic) bond motifs is 2. The van der Waals surface area contributed by atoms with Gasteiger partial charge in [-0.25, -0.2) is 9.37 Å². The molecule has 3 heterocycles. The molecular formula is C14H21N6O2+. The van der Waals surface area contributed by atoms with Crippen LogP contribution in [0.3, 0.4) is 0 Å². The molecule has 3 rings (SSSR count). The summed E-state index contributed by atoms with van der Waals surface area (Å²) in [7, 11) is 1.66. The molecule has 3 aliphatic heterocycles. The van der Waals surface area contributed by atoms with Gasteiger partial charge in [-0.3, -0.25) is 14.6 Å². The number of carbonyl (C=O) groups is 2. The molecule has 0 spiro atoms. The minimum Gasteiger partial charge on any atom is -0.270 e. The highest BCUT2D eigenvalue weighted by molar-refractivity contribution is 6.23. The molecule has 22 heavy (non-hydrogen) atoms. The number of amides is 3. The lowest BCUT2D eigenvalue weighted by Crippen LogP contribution is -2.64. The van der Waals surface area contributed by atoms with Crippen LogP contribution in [-0.2, 0) is 4.79 Å². The summed E-state index contributed by atoms with van der Waals surface area (Å²) in [5, 5.41) is 4.20. The largest absolute Gasteiger partial charge is 0.414 e. The summed E-state index contributed by atoms with van der Waals surface area (Å²) < 4.78 is 1.90. The molecule has 3 amide bonds. The lowest BCUT2D eigenvalue weighted by Gasteiger charge is -2.35. The first-order chi connectivity index (χ1) is 10.5. The van der Waals surface area contributed by atoms with Crippen LogP contribution in [0.5, 0.6) is 0 Å². The van der Waals surface area contributed by atoms with Crippen molar-refractivity contribution in [3.8, 4) is 0 Å². The van der Waals surface area contributed by atoms with Gasteiger partial charge in [0.15, 0.2) is 0 Å². The second-order valence-corrected chi connectivity index (χ2v) is 5.83. The van der Waals surface area contributed by atoms with Crippen LogP contribution in [-0.4, -0.2) is 69.5 Å². The number of hydrazone groups is 1. The van der Waals surface area contributed by atoms with Gasteiger partial charge in [0.1, 0.15) is 6.04 Å². The van der Waals surface area contributed by atoms with E-state index in [1.54, 1.807) is 7.05 Å². The molecule has 0 radical (unpaired) electrons. The number of guanidine groups is 1. The number of nitrogens with zero attached hydrogens (tertiary/aromatic N) is 5. The van der Waals surface area contributed by atoms with Crippen molar-refractivity contribution >= 4 is 29.4 Å². The molecule has 3 aliphatic rings. The molecule has 0 aromatic rings. The summed E-state index contributed by atoms with van der Waals surface area (Å²) in [6.07, 6.45) is 1.73. The number of carbonyl (C=O) groups excluding carboxylic acids is 2. The van der Waals surface area contributed by atoms with Gasteiger partial charge in [0.25, 0.3) is 5.91 Å². The van der Waals surface area contributed by atoms with Crippen molar-refractivity contribution in [3.05, 3.63) is 0 Å². The van der Waals surface area contributed by atoms with Crippen LogP contribution in [0.2, 0.25) is 0 Å². The fourth-order valence-corrected chi connectivity index (χ4v) is 2.93. The molecule has 8 nitrogen and oxygen atoms in total. The number of rotatable bonds is 3. The molecular weight excluding hydrogens is 284 g/mol. The van der Waals surface area contributed by atoms with Crippen LogP contribution in [0, 0.1) is 0 Å². The number of nitrogens with one attached hydrogen (secondary N) is 1. The Morgan fingerprint density at radius 1 is 1.36 bits per heavy atom. The Balaban J connectivity index is 1.97. The van der Waals surface area contributed by atoms with Gasteiger partial charge < -0.3 is 0 Å². The van der Waals surface area contributed by atoms with Crippen LogP contribution in [0.15, 0.2) is 10.1 Å². The zero-order chi connectivity index (χ0) is 16.0. The minimum atomic E-state index is -0.553. The summed E-state index contributed by atoms with van der Waals surface area (Å²) in [4.78, 5) is 32.5. The van der Waals surface area contributed by atoms with Crippen LogP contribution >= 0.6 is 0 Å². The fraction of sp³-hybridized carbons (Fsp3) is 0.643. The summed E-state index contributed by atoms with van der Waals surface area (Å²) >= 11 is 0. The van der Waals surface area contributed by atoms with E-state index in [-0.39, 0.29) is 18.0 Å². The Kier molecular flexibility index (Phi) is 3.46. The van der Waals surface area contributed by atoms with Crippen LogP contribution in [0.25, 0.3) is 0 Å². The number of urea groups is 1. The standard InChI is InChI=1S/C14H20N6O2/c1-5-6-7-19-12(21)10-11(18(4)14(19)22)15-13-17-16-8(2)9(3)20(10)13/h9-10H,5-7H2,1-4H3/p+1. The van der Waals surface area contributed by atoms with Crippen molar-refractivity contribution < 1.29 is 14.2 Å². The van der Waals surface area contributed by atoms with Gasteiger partial charge in [0.05, 0.1) is 5.71 Å². The Morgan fingerprint density at radius 2 is 2.09 bits per heavy atom. The van der Waals surface area contributed by atoms with E-state index in [1.165, 1.54) is 9.80 Å². The van der Waals surface area contributed by atoms with E-state index < -0.39 is 6.04 Å². The first-order valence-electron chi connectivity index (χ1n) is 7.60. The first kappa shape index (κ1) is 14.7. The van der Waals surface area contributed by atoms with Crippen molar-refractivity contribution in [3.63, 3.8) is 0 Å². The van der Waals surface area contributed by atoms with E-state index in [9.17, 15) is 9.59 Å². The van der Waals surface area contributed by atoms with E-state index in [4.69, 9.17) is 0 Å². The number of likely N-dealkylation sites (N-methyl/N-ethyl adjacent to an activating group) is 1. The molecule has 1 saturated heterocycles. The first-order valence-corrected chi connectivity index (χ1v) is 7.60. The monoisotopic (exact) mass is 305 g/mol. The summed E-state index contributed by atoms with van der Waals surface area (Å²) in [6.45, 7) is 6.37. The lowest BCUT2D eigenvalue weighted by molar-refractivity contribution is -0.555. The molecule has 0 bridgehead atoms. The summed E-state index contributed by atoms with van der Waals surface area (Å²) in [6, 6.07) is -0.900. The third-order valence-corrected chi connectivity index (χ3v) is 4.44. The van der Waals surface area contributed by atoms with Gasteiger partial charge in [-0.15, -0.1) is 5.10 Å². The molecule has 1 fully saturated rings. The molecule has 0 aromatic heterocycles. The van der Waals surface area contributed by atoms with E-state index in [0.29, 0.717) is 18.3 Å². The summed E-state index contributed by atoms with van der Waals surface area (Å²) in [5.41, 5.74) is 3.75. The van der Waals surface area contributed by atoms with Crippen LogP contribution < -0.4 is 5.43 Å². The Morgan fingerprint density at radius 3 is 2.77 bits per heavy atom. The van der Waals surface area contributed by atoms with Crippen molar-refractivity contribution in [1.29, 1.82) is 0 Å². The van der Waals surface area contributed by atoms with Crippen molar-refractivity contribution in [2.75, 3.05) is 13.6 Å². The van der Waals surface area contributed by atoms with Crippen LogP contribution in [0.1, 0.15) is 33.6 Å². The maximum absolute atomic E-state index is 12.9. The molecule has 0 aromatic carbocycles. The van der Waals surface area contributed by atoms with Gasteiger partial charge in [-0.2, -0.15) is 5.43 Å². The lowest BCUT2D eigenvalue weighted by atomic mass is 10.1. The second kappa shape index (κ2) is 5.19. The number of imide groups is 1. The van der Waals surface area contributed by atoms with Gasteiger partial charge in [0.2, 0.25) is 11.9 Å². The zero-order valence-electron chi connectivity index (χ0n) is 13.3. The molecule has 1 N–H and O–H groups in total. The molecule has 2 atom stereocenters. The van der Waals surface area contributed by atoms with Gasteiger partial charge >= 0.3 is 12.0 Å². The SMILES string of the molecule is CCCCN1C(=O)C2C(=NC3=[N+]2C(C)C(C)=NN3)N(C)C1=O. The van der Waals surface area contributed by atoms with Crippen molar-refractivity contribution in [2.45, 2.75) is 45.7 Å². The van der Waals surface area contributed by atoms with E-state index >= 15 is 0 Å². The zero-order valence-corrected chi connectivity index (χ0v) is 13.3. The van der Waals surface area contributed by atoms with Gasteiger partial charge in [-0.1, -0.05) is 18.3 Å². The smallest absolute Gasteiger partial charge is 0.270 e. The highest BCUT2D eigenvalue weighted by Crippen LogP contribution is 2.22. The highest BCUT2D eigenvalue weighted by Gasteiger charge is 2.54. The summed E-state index contributed by atoms with van der Waals surface area (Å²) in [5.74, 6) is 0.805. The van der Waals surface area contributed by atoms with E-state index in [2.05, 4.69) is 15.5 Å². The maximum Gasteiger partial charge on any atom is 0.414 e.